The van der Waals surface area contributed by atoms with Crippen LogP contribution < -0.4 is 71.6 Å². The monoisotopic (exact) mass is 958 g/mol. The predicted molar refractivity (Wildman–Crippen MR) is 245 cm³/mol. The van der Waals surface area contributed by atoms with Gasteiger partial charge in [-0.3, -0.25) is 48.3 Å². The number of carboxylic acids is 1. The first-order chi connectivity index (χ1) is 31.1. The molecule has 0 heterocycles. The molecular formula is C40H75N15O12. The number of aliphatic hydroxyl groups excluding tert-OH is 2. The maximum absolute atomic E-state index is 13.9. The van der Waals surface area contributed by atoms with Gasteiger partial charge in [0, 0.05) is 13.1 Å². The van der Waals surface area contributed by atoms with Crippen LogP contribution in [-0.4, -0.2) is 155 Å². The van der Waals surface area contributed by atoms with Gasteiger partial charge in [-0.1, -0.05) is 41.5 Å². The Kier molecular flexibility index (Phi) is 27.9. The van der Waals surface area contributed by atoms with Crippen molar-refractivity contribution in [2.45, 2.75) is 148 Å². The summed E-state index contributed by atoms with van der Waals surface area (Å²) in [5.74, 6) is -10.6. The van der Waals surface area contributed by atoms with Crippen molar-refractivity contribution in [1.82, 2.24) is 37.2 Å². The van der Waals surface area contributed by atoms with Crippen LogP contribution in [0.25, 0.3) is 0 Å². The van der Waals surface area contributed by atoms with E-state index in [-0.39, 0.29) is 68.9 Å². The number of primary amides is 1. The maximum Gasteiger partial charge on any atom is 0.326 e. The Morgan fingerprint density at radius 1 is 0.507 bits per heavy atom. The number of nitrogens with one attached hydrogen (secondary N) is 7. The zero-order valence-electron chi connectivity index (χ0n) is 39.4. The Morgan fingerprint density at radius 2 is 0.896 bits per heavy atom. The maximum atomic E-state index is 13.9. The van der Waals surface area contributed by atoms with Crippen molar-refractivity contribution in [3.8, 4) is 0 Å². The van der Waals surface area contributed by atoms with Crippen LogP contribution in [-0.2, 0) is 43.2 Å². The molecule has 0 aromatic carbocycles. The summed E-state index contributed by atoms with van der Waals surface area (Å²) in [5.41, 5.74) is 33.0. The van der Waals surface area contributed by atoms with E-state index in [1.807, 2.05) is 0 Å². The molecule has 22 N–H and O–H groups in total. The van der Waals surface area contributed by atoms with Gasteiger partial charge in [-0.05, 0) is 63.2 Å². The molecular weight excluding hydrogens is 883 g/mol. The fraction of sp³-hybridized carbons (Fsp3) is 0.725. The minimum atomic E-state index is -1.79. The number of aliphatic imine (C=N–C) groups is 2. The molecule has 67 heavy (non-hydrogen) atoms. The Bertz CT molecular complexity index is 1740. The van der Waals surface area contributed by atoms with E-state index in [1.54, 1.807) is 27.7 Å². The number of nitrogens with two attached hydrogens (primary N) is 6. The molecule has 0 aromatic rings. The summed E-state index contributed by atoms with van der Waals surface area (Å²) in [6.45, 7) is 10.4. The van der Waals surface area contributed by atoms with Gasteiger partial charge in [0.1, 0.15) is 42.3 Å². The molecule has 0 bridgehead atoms. The highest BCUT2D eigenvalue weighted by molar-refractivity contribution is 5.98. The molecule has 0 aliphatic carbocycles. The Hall–Kier alpha value is -6.35. The molecule has 0 aliphatic heterocycles. The van der Waals surface area contributed by atoms with Gasteiger partial charge in [-0.2, -0.15) is 0 Å². The number of guanidine groups is 2. The number of carbonyl (C=O) groups excluding carboxylic acids is 8. The number of amides is 8. The molecule has 0 aromatic heterocycles. The van der Waals surface area contributed by atoms with Crippen molar-refractivity contribution in [2.24, 2.45) is 62.1 Å². The van der Waals surface area contributed by atoms with E-state index in [9.17, 15) is 58.5 Å². The van der Waals surface area contributed by atoms with Crippen LogP contribution >= 0.6 is 0 Å². The highest BCUT2D eigenvalue weighted by Gasteiger charge is 2.36. The summed E-state index contributed by atoms with van der Waals surface area (Å²) in [4.78, 5) is 126. The highest BCUT2D eigenvalue weighted by Crippen LogP contribution is 2.11. The Labute approximate surface area is 389 Å². The van der Waals surface area contributed by atoms with E-state index in [2.05, 4.69) is 47.2 Å². The van der Waals surface area contributed by atoms with Crippen LogP contribution in [0, 0.1) is 17.8 Å². The fourth-order valence-electron chi connectivity index (χ4n) is 6.22. The predicted octanol–water partition coefficient (Wildman–Crippen LogP) is -6.10. The molecule has 0 saturated carbocycles. The van der Waals surface area contributed by atoms with E-state index in [0.29, 0.717) is 6.42 Å². The number of aliphatic carboxylic acids is 1. The third kappa shape index (κ3) is 24.7. The zero-order chi connectivity index (χ0) is 51.7. The van der Waals surface area contributed by atoms with Gasteiger partial charge >= 0.3 is 5.97 Å². The summed E-state index contributed by atoms with van der Waals surface area (Å²) in [5, 5.41) is 46.8. The van der Waals surface area contributed by atoms with Gasteiger partial charge in [0.15, 0.2) is 11.9 Å². The quantitative estimate of drug-likeness (QED) is 0.0169. The molecule has 27 heteroatoms. The summed E-state index contributed by atoms with van der Waals surface area (Å²) < 4.78 is 0. The SMILES string of the molecule is CC(C)C[C@H](NC(=O)[C@@H](NC(=O)[C@H](CCCN=C(N)N)NC(=O)[C@H](CC(N)=O)NC(=O)[C@H](CC(C)C)NC(=O)[C@@H](N)CCCN=C(N)N)[C@@H](C)O)C(=O)N[C@@H](CO)C(=O)N[C@H](C(=O)O)C(C)C. The normalized spacial score (nSPS) is 15.2. The standard InChI is InChI=1S/C40H75N15O12/c1-18(2)14-24(50-31(59)22(41)10-8-12-47-39(43)44)33(61)51-26(16-28(42)58)35(63)49-23(11-9-13-48-40(45)46)32(60)55-30(21(7)57)37(65)52-25(15-19(3)4)34(62)53-27(17-56)36(64)54-29(20(5)6)38(66)67/h18-27,29-30,56-57H,8-17,41H2,1-7H3,(H2,42,58)(H,49,63)(H,50,59)(H,51,61)(H,52,65)(H,53,62)(H,54,64)(H,55,60)(H,66,67)(H4,43,44,47)(H4,45,46,48)/t21-,22+,23+,24+,25+,26+,27+,29+,30+/m1/s1. The molecule has 0 saturated heterocycles. The van der Waals surface area contributed by atoms with Crippen LogP contribution in [0.5, 0.6) is 0 Å². The second-order valence-corrected chi connectivity index (χ2v) is 17.2. The number of nitrogens with zero attached hydrogens (tertiary/aromatic N) is 2. The van der Waals surface area contributed by atoms with Crippen molar-refractivity contribution in [1.29, 1.82) is 0 Å². The zero-order valence-corrected chi connectivity index (χ0v) is 39.4. The van der Waals surface area contributed by atoms with E-state index >= 15 is 0 Å². The van der Waals surface area contributed by atoms with Crippen molar-refractivity contribution < 1.29 is 58.5 Å². The average molecular weight is 958 g/mol. The van der Waals surface area contributed by atoms with Crippen LogP contribution in [0.3, 0.4) is 0 Å². The topological polar surface area (TPSA) is 479 Å². The number of rotatable bonds is 32. The minimum Gasteiger partial charge on any atom is -0.480 e. The second kappa shape index (κ2) is 30.8. The Morgan fingerprint density at radius 3 is 1.31 bits per heavy atom. The largest absolute Gasteiger partial charge is 0.480 e. The molecule has 27 nitrogen and oxygen atoms in total. The van der Waals surface area contributed by atoms with Crippen molar-refractivity contribution >= 4 is 65.1 Å². The number of hydrogen-bond donors (Lipinski definition) is 16. The molecule has 9 atom stereocenters. The Balaban J connectivity index is 6.52. The van der Waals surface area contributed by atoms with Crippen LogP contribution in [0.15, 0.2) is 9.98 Å². The van der Waals surface area contributed by atoms with E-state index in [0.717, 1.165) is 6.92 Å². The summed E-state index contributed by atoms with van der Waals surface area (Å²) in [6.07, 6.45) is -2.03. The fourth-order valence-corrected chi connectivity index (χ4v) is 6.22. The van der Waals surface area contributed by atoms with Gasteiger partial charge < -0.3 is 86.9 Å². The van der Waals surface area contributed by atoms with Crippen LogP contribution in [0.1, 0.15) is 93.4 Å². The lowest BCUT2D eigenvalue weighted by molar-refractivity contribution is -0.144. The van der Waals surface area contributed by atoms with Gasteiger partial charge in [0.25, 0.3) is 0 Å². The number of carbonyl (C=O) groups is 9. The molecule has 0 radical (unpaired) electrons. The second-order valence-electron chi connectivity index (χ2n) is 17.2. The van der Waals surface area contributed by atoms with Gasteiger partial charge in [0.2, 0.25) is 47.3 Å². The first-order valence-corrected chi connectivity index (χ1v) is 21.9. The van der Waals surface area contributed by atoms with Gasteiger partial charge in [-0.15, -0.1) is 0 Å². The van der Waals surface area contributed by atoms with Gasteiger partial charge in [-0.25, -0.2) is 4.79 Å². The summed E-state index contributed by atoms with van der Waals surface area (Å²) >= 11 is 0. The lowest BCUT2D eigenvalue weighted by Gasteiger charge is -2.29. The highest BCUT2D eigenvalue weighted by atomic mass is 16.4. The molecule has 0 rings (SSSR count). The molecule has 0 unspecified atom stereocenters. The van der Waals surface area contributed by atoms with E-state index in [1.165, 1.54) is 13.8 Å². The lowest BCUT2D eigenvalue weighted by atomic mass is 10.0. The van der Waals surface area contributed by atoms with Crippen molar-refractivity contribution in [3.05, 3.63) is 0 Å². The molecule has 0 aliphatic rings. The molecule has 0 fully saturated rings. The van der Waals surface area contributed by atoms with Crippen LogP contribution in [0.2, 0.25) is 0 Å². The summed E-state index contributed by atoms with van der Waals surface area (Å²) in [6, 6.07) is -11.7. The first-order valence-electron chi connectivity index (χ1n) is 21.9. The third-order valence-electron chi connectivity index (χ3n) is 9.71. The van der Waals surface area contributed by atoms with Crippen LogP contribution in [0.4, 0.5) is 0 Å². The molecule has 8 amide bonds. The smallest absolute Gasteiger partial charge is 0.326 e. The van der Waals surface area contributed by atoms with E-state index < -0.39 is 127 Å². The first kappa shape index (κ1) is 60.6. The third-order valence-corrected chi connectivity index (χ3v) is 9.71. The number of aliphatic hydroxyl groups is 2. The average Bonchev–Trinajstić information content (AvgIpc) is 3.21. The lowest BCUT2D eigenvalue weighted by Crippen LogP contribution is -2.62. The number of carboxylic acid groups (broad SMARTS) is 1. The minimum absolute atomic E-state index is 0.0377. The van der Waals surface area contributed by atoms with Crippen molar-refractivity contribution in [2.75, 3.05) is 19.7 Å². The van der Waals surface area contributed by atoms with Gasteiger partial charge in [0.05, 0.1) is 25.2 Å². The van der Waals surface area contributed by atoms with Crippen molar-refractivity contribution in [3.63, 3.8) is 0 Å². The summed E-state index contributed by atoms with van der Waals surface area (Å²) in [7, 11) is 0. The molecule has 0 spiro atoms. The molecule has 382 valence electrons. The van der Waals surface area contributed by atoms with E-state index in [4.69, 9.17) is 34.4 Å². The number of hydrogen-bond acceptors (Lipinski definition) is 14.